The summed E-state index contributed by atoms with van der Waals surface area (Å²) in [7, 11) is 0. The molecule has 1 saturated heterocycles. The molecule has 1 aliphatic heterocycles. The van der Waals surface area contributed by atoms with Crippen molar-refractivity contribution in [3.05, 3.63) is 0 Å². The average molecular weight is 285 g/mol. The summed E-state index contributed by atoms with van der Waals surface area (Å²) < 4.78 is 64.9. The highest BCUT2D eigenvalue weighted by Crippen LogP contribution is 2.23. The fourth-order valence-corrected chi connectivity index (χ4v) is 1.47. The number of nitrogens with zero attached hydrogens (tertiary/aromatic N) is 2. The Labute approximate surface area is 115 Å². The Kier molecular flexibility index (Phi) is 3.46. The smallest absolute Gasteiger partial charge is 0.425 e. The van der Waals surface area contributed by atoms with Gasteiger partial charge in [0.05, 0.1) is 1.37 Å². The lowest BCUT2D eigenvalue weighted by atomic mass is 10.1. The van der Waals surface area contributed by atoms with Crippen molar-refractivity contribution in [1.29, 1.82) is 0 Å². The van der Waals surface area contributed by atoms with Crippen molar-refractivity contribution in [3.63, 3.8) is 0 Å². The number of alkyl halides is 3. The van der Waals surface area contributed by atoms with Crippen LogP contribution in [0.1, 0.15) is 31.8 Å². The second-order valence-corrected chi connectivity index (χ2v) is 5.27. The molecule has 0 radical (unpaired) electrons. The topological polar surface area (TPSA) is 32.8 Å². The van der Waals surface area contributed by atoms with Crippen LogP contribution in [0.25, 0.3) is 0 Å². The molecule has 112 valence electrons. The van der Waals surface area contributed by atoms with Crippen LogP contribution in [0.5, 0.6) is 0 Å². The monoisotopic (exact) mass is 285 g/mol. The van der Waals surface area contributed by atoms with E-state index < -0.39 is 36.9 Å². The zero-order valence-electron chi connectivity index (χ0n) is 14.4. The Balaban J connectivity index is 2.79. The molecule has 3 unspecified atom stereocenters. The van der Waals surface area contributed by atoms with E-state index in [0.717, 1.165) is 4.90 Å². The first-order valence-corrected chi connectivity index (χ1v) is 5.84. The predicted molar refractivity (Wildman–Crippen MR) is 64.9 cm³/mol. The van der Waals surface area contributed by atoms with E-state index in [2.05, 4.69) is 4.74 Å². The van der Waals surface area contributed by atoms with Gasteiger partial charge in [-0.2, -0.15) is 13.2 Å². The van der Waals surface area contributed by atoms with Crippen LogP contribution in [0.15, 0.2) is 0 Å². The normalized spacial score (nSPS) is 31.9. The van der Waals surface area contributed by atoms with Crippen molar-refractivity contribution in [1.82, 2.24) is 9.80 Å². The van der Waals surface area contributed by atoms with Gasteiger partial charge in [-0.05, 0) is 27.7 Å². The van der Waals surface area contributed by atoms with Crippen molar-refractivity contribution >= 4 is 6.09 Å². The van der Waals surface area contributed by atoms with E-state index in [9.17, 15) is 18.0 Å². The highest BCUT2D eigenvalue weighted by atomic mass is 19.4. The lowest BCUT2D eigenvalue weighted by molar-refractivity contribution is -0.200. The van der Waals surface area contributed by atoms with Gasteiger partial charge in [0, 0.05) is 34.4 Å². The molecule has 1 heterocycles. The molecule has 19 heavy (non-hydrogen) atoms. The van der Waals surface area contributed by atoms with Crippen LogP contribution in [0, 0.1) is 0 Å². The van der Waals surface area contributed by atoms with Crippen LogP contribution in [0.4, 0.5) is 18.0 Å². The summed E-state index contributed by atoms with van der Waals surface area (Å²) in [6.45, 7) is 3.61. The molecule has 3 atom stereocenters. The Bertz CT molecular complexity index is 415. The minimum atomic E-state index is -5.02. The second-order valence-electron chi connectivity index (χ2n) is 5.27. The second kappa shape index (κ2) is 5.56. The highest BCUT2D eigenvalue weighted by molar-refractivity contribution is 5.68. The molecule has 1 amide bonds. The Morgan fingerprint density at radius 3 is 2.16 bits per heavy atom. The molecular formula is C12H21F3N2O2. The minimum Gasteiger partial charge on any atom is -0.437 e. The van der Waals surface area contributed by atoms with Crippen LogP contribution in [0.3, 0.4) is 0 Å². The number of rotatable bonds is 1. The minimum absolute atomic E-state index is 0.181. The van der Waals surface area contributed by atoms with Gasteiger partial charge in [0.15, 0.2) is 6.08 Å². The lowest BCUT2D eigenvalue weighted by Crippen LogP contribution is -2.55. The Hall–Kier alpha value is -0.980. The van der Waals surface area contributed by atoms with E-state index in [1.54, 1.807) is 4.90 Å². The van der Waals surface area contributed by atoms with E-state index in [0.29, 0.717) is 6.92 Å². The SMILES string of the molecule is [2H]C1CN(C(=O)OC([2H])(C)C(F)(F)F)CC([2H])N1C(C)(C)C. The zero-order chi connectivity index (χ0) is 17.5. The van der Waals surface area contributed by atoms with Gasteiger partial charge in [0.2, 0.25) is 0 Å². The maximum absolute atomic E-state index is 12.6. The fraction of sp³-hybridized carbons (Fsp3) is 0.917. The highest BCUT2D eigenvalue weighted by Gasteiger charge is 2.40. The third-order valence-electron chi connectivity index (χ3n) is 2.67. The van der Waals surface area contributed by atoms with E-state index >= 15 is 0 Å². The number of hydrogen-bond acceptors (Lipinski definition) is 3. The van der Waals surface area contributed by atoms with Crippen LogP contribution in [-0.2, 0) is 4.74 Å². The summed E-state index contributed by atoms with van der Waals surface area (Å²) in [5.41, 5.74) is -0.481. The molecule has 0 aliphatic carbocycles. The van der Waals surface area contributed by atoms with Crippen LogP contribution >= 0.6 is 0 Å². The Morgan fingerprint density at radius 2 is 1.79 bits per heavy atom. The predicted octanol–water partition coefficient (Wildman–Crippen LogP) is 2.49. The number of amides is 1. The van der Waals surface area contributed by atoms with Gasteiger partial charge in [0.1, 0.15) is 0 Å². The first-order valence-electron chi connectivity index (χ1n) is 7.50. The molecular weight excluding hydrogens is 261 g/mol. The molecule has 0 N–H and O–H groups in total. The summed E-state index contributed by atoms with van der Waals surface area (Å²) in [5, 5.41) is 0. The molecule has 0 aromatic rings. The van der Waals surface area contributed by atoms with Gasteiger partial charge in [-0.25, -0.2) is 4.79 Å². The Morgan fingerprint density at radius 1 is 1.32 bits per heavy atom. The standard InChI is InChI=1S/C12H21F3N2O2/c1-9(12(13,14)15)19-10(18)16-5-7-17(8-6-16)11(2,3)4/h9H,5-8H2,1-4H3/i7D,8D,9D. The van der Waals surface area contributed by atoms with Crippen molar-refractivity contribution in [2.24, 2.45) is 0 Å². The molecule has 4 nitrogen and oxygen atoms in total. The van der Waals surface area contributed by atoms with E-state index in [1.807, 2.05) is 20.8 Å². The van der Waals surface area contributed by atoms with Crippen molar-refractivity contribution in [2.75, 3.05) is 26.1 Å². The summed E-state index contributed by atoms with van der Waals surface area (Å²) in [6.07, 6.45) is -9.71. The van der Waals surface area contributed by atoms with Gasteiger partial charge < -0.3 is 9.64 Å². The molecule has 1 aliphatic rings. The maximum Gasteiger partial charge on any atom is 0.425 e. The van der Waals surface area contributed by atoms with Crippen LogP contribution in [-0.4, -0.2) is 59.8 Å². The number of halogens is 3. The molecule has 1 rings (SSSR count). The van der Waals surface area contributed by atoms with E-state index in [-0.39, 0.29) is 13.1 Å². The van der Waals surface area contributed by atoms with Crippen LogP contribution in [0.2, 0.25) is 0 Å². The quantitative estimate of drug-likeness (QED) is 0.742. The third kappa shape index (κ3) is 4.56. The van der Waals surface area contributed by atoms with Gasteiger partial charge in [-0.15, -0.1) is 0 Å². The fourth-order valence-electron chi connectivity index (χ4n) is 1.47. The summed E-state index contributed by atoms with van der Waals surface area (Å²) >= 11 is 0. The third-order valence-corrected chi connectivity index (χ3v) is 2.67. The molecule has 7 heteroatoms. The number of carbonyl (C=O) groups excluding carboxylic acids is 1. The summed E-state index contributed by atoms with van der Waals surface area (Å²) in [6, 6.07) is 0. The molecule has 1 fully saturated rings. The van der Waals surface area contributed by atoms with E-state index in [4.69, 9.17) is 4.11 Å². The summed E-state index contributed by atoms with van der Waals surface area (Å²) in [5.74, 6) is 0. The molecule has 0 spiro atoms. The number of ether oxygens (including phenoxy) is 1. The number of hydrogen-bond donors (Lipinski definition) is 0. The largest absolute Gasteiger partial charge is 0.437 e. The molecule has 0 saturated carbocycles. The van der Waals surface area contributed by atoms with Gasteiger partial charge in [-0.1, -0.05) is 0 Å². The van der Waals surface area contributed by atoms with Crippen molar-refractivity contribution in [2.45, 2.75) is 45.5 Å². The zero-order valence-corrected chi connectivity index (χ0v) is 11.4. The summed E-state index contributed by atoms with van der Waals surface area (Å²) in [4.78, 5) is 14.2. The number of piperazine rings is 1. The van der Waals surface area contributed by atoms with Crippen molar-refractivity contribution in [3.8, 4) is 0 Å². The van der Waals surface area contributed by atoms with Gasteiger partial charge >= 0.3 is 12.3 Å². The van der Waals surface area contributed by atoms with E-state index in [1.165, 1.54) is 0 Å². The number of carbonyl (C=O) groups is 1. The first kappa shape index (κ1) is 11.8. The van der Waals surface area contributed by atoms with Gasteiger partial charge in [0.25, 0.3) is 0 Å². The van der Waals surface area contributed by atoms with Crippen LogP contribution < -0.4 is 0 Å². The molecule has 0 bridgehead atoms. The van der Waals surface area contributed by atoms with Gasteiger partial charge in [-0.3, -0.25) is 4.90 Å². The molecule has 0 aromatic heterocycles. The lowest BCUT2D eigenvalue weighted by Gasteiger charge is -2.42. The van der Waals surface area contributed by atoms with Crippen molar-refractivity contribution < 1.29 is 26.8 Å². The average Bonchev–Trinajstić information content (AvgIpc) is 2.23. The molecule has 0 aromatic carbocycles. The first-order chi connectivity index (χ1) is 9.67. The maximum atomic E-state index is 12.6.